The smallest absolute Gasteiger partial charge is 0.328 e. The Kier molecular flexibility index (Phi) is 5.70. The van der Waals surface area contributed by atoms with Crippen molar-refractivity contribution in [3.63, 3.8) is 0 Å². The average Bonchev–Trinajstić information content (AvgIpc) is 3.11. The van der Waals surface area contributed by atoms with Gasteiger partial charge in [0.2, 0.25) is 0 Å². The molecule has 8 heteroatoms. The van der Waals surface area contributed by atoms with Crippen LogP contribution in [0.2, 0.25) is 0 Å². The Labute approximate surface area is 162 Å². The van der Waals surface area contributed by atoms with E-state index in [-0.39, 0.29) is 12.6 Å². The second-order valence-electron chi connectivity index (χ2n) is 6.66. The van der Waals surface area contributed by atoms with Crippen LogP contribution in [0, 0.1) is 0 Å². The molecule has 28 heavy (non-hydrogen) atoms. The Morgan fingerprint density at radius 1 is 1.25 bits per heavy atom. The standard InChI is InChI=1S/C20H22N4O4/c1-12(2)24-18-15(10-21-24)14(19(25)23-17(11-28-3)20(26)27)9-16(22-18)13-7-5-4-6-8-13/h4-10,12,17H,11H2,1-3H3,(H,23,25)(H,26,27). The minimum absolute atomic E-state index is 0.0483. The van der Waals surface area contributed by atoms with Crippen molar-refractivity contribution in [1.29, 1.82) is 0 Å². The van der Waals surface area contributed by atoms with Gasteiger partial charge in [-0.25, -0.2) is 14.5 Å². The number of methoxy groups -OCH3 is 1. The van der Waals surface area contributed by atoms with Crippen LogP contribution in [-0.4, -0.2) is 51.5 Å². The second kappa shape index (κ2) is 8.18. The Bertz CT molecular complexity index is 998. The van der Waals surface area contributed by atoms with Crippen molar-refractivity contribution >= 4 is 22.9 Å². The van der Waals surface area contributed by atoms with Gasteiger partial charge in [-0.15, -0.1) is 0 Å². The highest BCUT2D eigenvalue weighted by Crippen LogP contribution is 2.26. The van der Waals surface area contributed by atoms with E-state index in [1.54, 1.807) is 16.9 Å². The van der Waals surface area contributed by atoms with Gasteiger partial charge in [0.25, 0.3) is 5.91 Å². The quantitative estimate of drug-likeness (QED) is 0.650. The van der Waals surface area contributed by atoms with E-state index >= 15 is 0 Å². The highest BCUT2D eigenvalue weighted by molar-refractivity contribution is 6.07. The van der Waals surface area contributed by atoms with Gasteiger partial charge in [0.1, 0.15) is 0 Å². The van der Waals surface area contributed by atoms with E-state index in [9.17, 15) is 14.7 Å². The molecule has 8 nitrogen and oxygen atoms in total. The van der Waals surface area contributed by atoms with Gasteiger partial charge in [0, 0.05) is 18.7 Å². The number of pyridine rings is 1. The number of fused-ring (bicyclic) bond motifs is 1. The highest BCUT2D eigenvalue weighted by Gasteiger charge is 2.24. The number of nitrogens with zero attached hydrogens (tertiary/aromatic N) is 3. The van der Waals surface area contributed by atoms with Crippen LogP contribution in [0.5, 0.6) is 0 Å². The fourth-order valence-electron chi connectivity index (χ4n) is 2.92. The molecule has 0 bridgehead atoms. The van der Waals surface area contributed by atoms with Crippen molar-refractivity contribution in [2.45, 2.75) is 25.9 Å². The number of hydrogen-bond acceptors (Lipinski definition) is 5. The van der Waals surface area contributed by atoms with Crippen LogP contribution >= 0.6 is 0 Å². The van der Waals surface area contributed by atoms with Crippen LogP contribution in [-0.2, 0) is 9.53 Å². The van der Waals surface area contributed by atoms with Crippen LogP contribution in [0.25, 0.3) is 22.3 Å². The van der Waals surface area contributed by atoms with E-state index in [0.717, 1.165) is 5.56 Å². The lowest BCUT2D eigenvalue weighted by Gasteiger charge is -2.15. The molecule has 0 saturated heterocycles. The number of carboxylic acid groups (broad SMARTS) is 1. The molecule has 2 N–H and O–H groups in total. The van der Waals surface area contributed by atoms with Crippen molar-refractivity contribution in [2.75, 3.05) is 13.7 Å². The summed E-state index contributed by atoms with van der Waals surface area (Å²) >= 11 is 0. The second-order valence-corrected chi connectivity index (χ2v) is 6.66. The number of aromatic nitrogens is 3. The van der Waals surface area contributed by atoms with E-state index in [1.807, 2.05) is 44.2 Å². The summed E-state index contributed by atoms with van der Waals surface area (Å²) in [7, 11) is 1.38. The lowest BCUT2D eigenvalue weighted by atomic mass is 10.1. The first-order valence-corrected chi connectivity index (χ1v) is 8.88. The van der Waals surface area contributed by atoms with Crippen LogP contribution in [0.3, 0.4) is 0 Å². The number of hydrogen-bond donors (Lipinski definition) is 2. The maximum Gasteiger partial charge on any atom is 0.328 e. The first kappa shape index (κ1) is 19.5. The molecule has 1 atom stereocenters. The van der Waals surface area contributed by atoms with Crippen molar-refractivity contribution in [3.05, 3.63) is 48.2 Å². The third-order valence-corrected chi connectivity index (χ3v) is 4.31. The number of nitrogens with one attached hydrogen (secondary N) is 1. The van der Waals surface area contributed by atoms with E-state index in [2.05, 4.69) is 10.4 Å². The lowest BCUT2D eigenvalue weighted by Crippen LogP contribution is -2.43. The third kappa shape index (κ3) is 3.86. The average molecular weight is 382 g/mol. The number of rotatable bonds is 7. The number of benzene rings is 1. The molecule has 146 valence electrons. The molecule has 0 aliphatic rings. The summed E-state index contributed by atoms with van der Waals surface area (Å²) in [5.74, 6) is -1.68. The molecule has 2 heterocycles. The molecule has 1 amide bonds. The predicted octanol–water partition coefficient (Wildman–Crippen LogP) is 2.51. The molecule has 3 aromatic rings. The van der Waals surface area contributed by atoms with E-state index in [1.165, 1.54) is 7.11 Å². The lowest BCUT2D eigenvalue weighted by molar-refractivity contribution is -0.140. The van der Waals surface area contributed by atoms with Crippen LogP contribution in [0.1, 0.15) is 30.2 Å². The Hall–Kier alpha value is -3.26. The molecule has 3 rings (SSSR count). The molecular formula is C20H22N4O4. The molecule has 1 unspecified atom stereocenters. The Balaban J connectivity index is 2.12. The Morgan fingerprint density at radius 2 is 1.96 bits per heavy atom. The molecule has 0 fully saturated rings. The summed E-state index contributed by atoms with van der Waals surface area (Å²) in [4.78, 5) is 29.0. The topological polar surface area (TPSA) is 106 Å². The van der Waals surface area contributed by atoms with E-state index in [0.29, 0.717) is 22.3 Å². The molecule has 0 radical (unpaired) electrons. The van der Waals surface area contributed by atoms with Gasteiger partial charge in [-0.2, -0.15) is 5.10 Å². The number of carbonyl (C=O) groups excluding carboxylic acids is 1. The largest absolute Gasteiger partial charge is 0.480 e. The number of ether oxygens (including phenoxy) is 1. The summed E-state index contributed by atoms with van der Waals surface area (Å²) in [5, 5.41) is 16.7. The zero-order valence-electron chi connectivity index (χ0n) is 15.9. The van der Waals surface area contributed by atoms with Gasteiger partial charge >= 0.3 is 5.97 Å². The zero-order chi connectivity index (χ0) is 20.3. The van der Waals surface area contributed by atoms with Gasteiger partial charge < -0.3 is 15.2 Å². The summed E-state index contributed by atoms with van der Waals surface area (Å²) in [5.41, 5.74) is 2.35. The van der Waals surface area contributed by atoms with E-state index in [4.69, 9.17) is 9.72 Å². The number of amides is 1. The summed E-state index contributed by atoms with van der Waals surface area (Å²) in [6.07, 6.45) is 1.58. The molecule has 2 aromatic heterocycles. The normalized spacial score (nSPS) is 12.3. The minimum atomic E-state index is -1.17. The summed E-state index contributed by atoms with van der Waals surface area (Å²) in [6.45, 7) is 3.82. The summed E-state index contributed by atoms with van der Waals surface area (Å²) < 4.78 is 6.63. The van der Waals surface area contributed by atoms with Crippen molar-refractivity contribution in [1.82, 2.24) is 20.1 Å². The van der Waals surface area contributed by atoms with Gasteiger partial charge in [-0.05, 0) is 19.9 Å². The van der Waals surface area contributed by atoms with Crippen molar-refractivity contribution in [3.8, 4) is 11.3 Å². The Morgan fingerprint density at radius 3 is 2.57 bits per heavy atom. The first-order chi connectivity index (χ1) is 13.4. The van der Waals surface area contributed by atoms with Gasteiger partial charge in [-0.1, -0.05) is 30.3 Å². The predicted molar refractivity (Wildman–Crippen MR) is 104 cm³/mol. The highest BCUT2D eigenvalue weighted by atomic mass is 16.5. The number of carboxylic acids is 1. The monoisotopic (exact) mass is 382 g/mol. The van der Waals surface area contributed by atoms with Crippen molar-refractivity contribution < 1.29 is 19.4 Å². The maximum atomic E-state index is 12.9. The molecular weight excluding hydrogens is 360 g/mol. The zero-order valence-corrected chi connectivity index (χ0v) is 15.9. The summed E-state index contributed by atoms with van der Waals surface area (Å²) in [6, 6.07) is 10.0. The van der Waals surface area contributed by atoms with Crippen LogP contribution in [0.15, 0.2) is 42.6 Å². The van der Waals surface area contributed by atoms with Gasteiger partial charge in [-0.3, -0.25) is 4.79 Å². The minimum Gasteiger partial charge on any atom is -0.480 e. The van der Waals surface area contributed by atoms with Crippen LogP contribution < -0.4 is 5.32 Å². The first-order valence-electron chi connectivity index (χ1n) is 8.88. The fourth-order valence-corrected chi connectivity index (χ4v) is 2.92. The van der Waals surface area contributed by atoms with Gasteiger partial charge in [0.15, 0.2) is 11.7 Å². The number of carbonyl (C=O) groups is 2. The maximum absolute atomic E-state index is 12.9. The van der Waals surface area contributed by atoms with Crippen molar-refractivity contribution in [2.24, 2.45) is 0 Å². The fraction of sp³-hybridized carbons (Fsp3) is 0.300. The molecule has 0 spiro atoms. The SMILES string of the molecule is COCC(NC(=O)c1cc(-c2ccccc2)nc2c1cnn2C(C)C)C(=O)O. The molecule has 0 aliphatic carbocycles. The molecule has 0 aliphatic heterocycles. The van der Waals surface area contributed by atoms with E-state index < -0.39 is 17.9 Å². The molecule has 1 aromatic carbocycles. The van der Waals surface area contributed by atoms with Gasteiger partial charge in [0.05, 0.1) is 29.4 Å². The number of aliphatic carboxylic acids is 1. The third-order valence-electron chi connectivity index (χ3n) is 4.31. The molecule has 0 saturated carbocycles. The van der Waals surface area contributed by atoms with Crippen LogP contribution in [0.4, 0.5) is 0 Å².